The highest BCUT2D eigenvalue weighted by Gasteiger charge is 2.48. The first kappa shape index (κ1) is 54.3. The molecule has 0 bridgehead atoms. The number of morpholine rings is 1. The first-order valence-electron chi connectivity index (χ1n) is 24.2. The van der Waals surface area contributed by atoms with Crippen LogP contribution in [0.2, 0.25) is 5.02 Å². The number of benzene rings is 1. The number of aryl methyl sites for hydroxylation is 3. The van der Waals surface area contributed by atoms with Gasteiger partial charge in [0.05, 0.1) is 25.5 Å². The molecule has 4 aromatic heterocycles. The van der Waals surface area contributed by atoms with Crippen LogP contribution in [-0.4, -0.2) is 102 Å². The smallest absolute Gasteiger partial charge is 0.415 e. The van der Waals surface area contributed by atoms with Crippen molar-refractivity contribution in [3.8, 4) is 11.6 Å². The highest BCUT2D eigenvalue weighted by atomic mass is 35.5. The van der Waals surface area contributed by atoms with Gasteiger partial charge in [-0.15, -0.1) is 5.10 Å². The Balaban J connectivity index is 0.000000244. The van der Waals surface area contributed by atoms with Crippen molar-refractivity contribution in [3.63, 3.8) is 0 Å². The Bertz CT molecular complexity index is 2560. The van der Waals surface area contributed by atoms with Gasteiger partial charge >= 0.3 is 12.1 Å². The summed E-state index contributed by atoms with van der Waals surface area (Å²) in [5.74, 6) is 2.10. The molecule has 1 aromatic carbocycles. The van der Waals surface area contributed by atoms with E-state index < -0.39 is 18.2 Å². The molecular formula is C51H75ClN10O7. The second-order valence-electron chi connectivity index (χ2n) is 21.3. The number of H-pyrrole nitrogens is 2. The summed E-state index contributed by atoms with van der Waals surface area (Å²) in [6.07, 6.45) is 3.09. The Morgan fingerprint density at radius 2 is 1.62 bits per heavy atom. The van der Waals surface area contributed by atoms with Gasteiger partial charge in [-0.05, 0) is 74.8 Å². The summed E-state index contributed by atoms with van der Waals surface area (Å²) >= 11 is 6.19. The zero-order chi connectivity index (χ0) is 51.1. The van der Waals surface area contributed by atoms with Crippen LogP contribution >= 0.6 is 11.6 Å². The van der Waals surface area contributed by atoms with Gasteiger partial charge in [0, 0.05) is 37.4 Å². The van der Waals surface area contributed by atoms with Crippen molar-refractivity contribution in [2.45, 2.75) is 141 Å². The third-order valence-corrected chi connectivity index (χ3v) is 13.5. The lowest BCUT2D eigenvalue weighted by atomic mass is 9.59. The molecule has 1 aliphatic carbocycles. The average Bonchev–Trinajstić information content (AvgIpc) is 4.06. The number of carbonyl (C=O) groups is 3. The van der Waals surface area contributed by atoms with Gasteiger partial charge in [-0.25, -0.2) is 28.9 Å². The van der Waals surface area contributed by atoms with E-state index in [0.717, 1.165) is 35.6 Å². The second-order valence-corrected chi connectivity index (χ2v) is 21.7. The predicted octanol–water partition coefficient (Wildman–Crippen LogP) is 10.7. The molecule has 17 nitrogen and oxygen atoms in total. The van der Waals surface area contributed by atoms with E-state index in [2.05, 4.69) is 105 Å². The number of aromatic amines is 2. The van der Waals surface area contributed by atoms with Gasteiger partial charge in [0.25, 0.3) is 11.6 Å². The van der Waals surface area contributed by atoms with Crippen molar-refractivity contribution in [1.29, 1.82) is 0 Å². The minimum Gasteiger partial charge on any atom is -0.481 e. The lowest BCUT2D eigenvalue weighted by molar-refractivity contribution is -0.127. The summed E-state index contributed by atoms with van der Waals surface area (Å²) in [4.78, 5) is 52.8. The van der Waals surface area contributed by atoms with Gasteiger partial charge in [-0.3, -0.25) is 15.0 Å². The highest BCUT2D eigenvalue weighted by molar-refractivity contribution is 6.34. The van der Waals surface area contributed by atoms with Crippen molar-refractivity contribution in [1.82, 2.24) is 44.6 Å². The lowest BCUT2D eigenvalue weighted by Gasteiger charge is -2.50. The van der Waals surface area contributed by atoms with Crippen LogP contribution in [0, 0.1) is 61.8 Å². The van der Waals surface area contributed by atoms with E-state index in [1.54, 1.807) is 11.6 Å². The van der Waals surface area contributed by atoms with Crippen LogP contribution in [0.1, 0.15) is 141 Å². The molecule has 2 amide bonds. The summed E-state index contributed by atoms with van der Waals surface area (Å²) in [5.41, 5.74) is 3.54. The molecule has 5 aromatic rings. The summed E-state index contributed by atoms with van der Waals surface area (Å²) in [7, 11) is 0. The summed E-state index contributed by atoms with van der Waals surface area (Å²) in [6.45, 7) is 41.4. The number of nitrogens with zero attached hydrogens (tertiary/aromatic N) is 7. The zero-order valence-electron chi connectivity index (χ0n) is 43.4. The number of aromatic nitrogens is 7. The fraction of sp³-hybridized carbons (Fsp3) is 0.627. The highest BCUT2D eigenvalue weighted by Crippen LogP contribution is 2.50. The van der Waals surface area contributed by atoms with E-state index in [0.29, 0.717) is 61.0 Å². The molecule has 1 saturated heterocycles. The standard InChI is InChI=1S/C27H39N5O5.C19H24ClN5O2.C5H12/c1-16-13-17(26(2,3)4)21(18(14-16)27(5,6)7)36-24(33)19-20(28-8)23(32-22(19)29-15-30-32)37-25(34)31-9-11-35-12-10-31;1-10-6-7-15(11(2)8-10)27-14(5)19(26)21-9-12(3)17-22-18-16(20)13(4)23-25(18)24-17;1-4-5(2)3/h15-18,21H,9-14H2,1-7H3,(H,29,30);6-8,12,14,23H,9H2,1-5H3,(H,21,26);5H,4H2,1-3H3. The van der Waals surface area contributed by atoms with E-state index >= 15 is 0 Å². The summed E-state index contributed by atoms with van der Waals surface area (Å²) in [5, 5.41) is 13.7. The molecular weight excluding hydrogens is 900 g/mol. The van der Waals surface area contributed by atoms with Gasteiger partial charge in [-0.2, -0.15) is 4.63 Å². The van der Waals surface area contributed by atoms with Crippen LogP contribution in [0.5, 0.6) is 11.6 Å². The van der Waals surface area contributed by atoms with E-state index in [-0.39, 0.29) is 63.4 Å². The number of fused-ring (bicyclic) bond motifs is 2. The minimum atomic E-state index is -0.618. The number of halogens is 1. The number of nitrogens with one attached hydrogen (secondary N) is 3. The third kappa shape index (κ3) is 13.4. The zero-order valence-corrected chi connectivity index (χ0v) is 44.1. The lowest BCUT2D eigenvalue weighted by Crippen LogP contribution is -2.49. The summed E-state index contributed by atoms with van der Waals surface area (Å²) in [6, 6.07) is 5.88. The van der Waals surface area contributed by atoms with Crippen molar-refractivity contribution in [3.05, 3.63) is 69.2 Å². The fourth-order valence-electron chi connectivity index (χ4n) is 8.54. The molecule has 0 spiro atoms. The SMILES string of the molecule is CCC(C)C.Cc1ccc(OC(C)C(=O)NCC(C)c2nc3c(Cl)c(C)[nH]n3n2)c(C)c1.[C-]#[N+]c1c(C(=O)OC2C(C(C)(C)C)CC(C)CC2C(C)(C)C)c2nc[nH]n2c1OC(=O)N1CCOCC1. The van der Waals surface area contributed by atoms with E-state index in [1.807, 2.05) is 45.9 Å². The van der Waals surface area contributed by atoms with Gasteiger partial charge < -0.3 is 29.2 Å². The molecule has 0 radical (unpaired) electrons. The first-order chi connectivity index (χ1) is 32.4. The van der Waals surface area contributed by atoms with Gasteiger partial charge in [0.1, 0.15) is 28.8 Å². The van der Waals surface area contributed by atoms with Crippen LogP contribution < -0.4 is 14.8 Å². The number of hydrogen-bond donors (Lipinski definition) is 3. The summed E-state index contributed by atoms with van der Waals surface area (Å²) < 4.78 is 26.0. The minimum absolute atomic E-state index is 0.0139. The molecule has 3 N–H and O–H groups in total. The Morgan fingerprint density at radius 3 is 2.17 bits per heavy atom. The first-order valence-corrected chi connectivity index (χ1v) is 24.6. The normalized spacial score (nSPS) is 19.4. The quantitative estimate of drug-likeness (QED) is 0.0898. The van der Waals surface area contributed by atoms with Gasteiger partial charge in [0.15, 0.2) is 23.2 Å². The van der Waals surface area contributed by atoms with Gasteiger partial charge in [0.2, 0.25) is 5.88 Å². The fourth-order valence-corrected chi connectivity index (χ4v) is 8.71. The van der Waals surface area contributed by atoms with Crippen LogP contribution in [-0.2, 0) is 14.3 Å². The molecule has 69 heavy (non-hydrogen) atoms. The Hall–Kier alpha value is -5.60. The van der Waals surface area contributed by atoms with E-state index in [9.17, 15) is 14.4 Å². The molecule has 4 unspecified atom stereocenters. The Labute approximate surface area is 412 Å². The number of amides is 2. The molecule has 2 fully saturated rings. The molecule has 5 heterocycles. The van der Waals surface area contributed by atoms with Crippen molar-refractivity contribution < 1.29 is 33.3 Å². The number of esters is 1. The molecule has 378 valence electrons. The maximum atomic E-state index is 13.8. The molecule has 1 aliphatic heterocycles. The Morgan fingerprint density at radius 1 is 1.00 bits per heavy atom. The average molecular weight is 976 g/mol. The monoisotopic (exact) mass is 975 g/mol. The van der Waals surface area contributed by atoms with Crippen molar-refractivity contribution in [2.24, 2.45) is 34.5 Å². The molecule has 2 aliphatic rings. The second kappa shape index (κ2) is 22.9. The number of hydrogen-bond acceptors (Lipinski definition) is 10. The van der Waals surface area contributed by atoms with Crippen LogP contribution in [0.15, 0.2) is 24.5 Å². The van der Waals surface area contributed by atoms with Crippen LogP contribution in [0.25, 0.3) is 16.1 Å². The third-order valence-electron chi connectivity index (χ3n) is 13.1. The maximum absolute atomic E-state index is 13.8. The predicted molar refractivity (Wildman–Crippen MR) is 267 cm³/mol. The molecule has 18 heteroatoms. The van der Waals surface area contributed by atoms with E-state index in [4.69, 9.17) is 37.1 Å². The number of rotatable bonds is 10. The van der Waals surface area contributed by atoms with E-state index in [1.165, 1.54) is 22.2 Å². The van der Waals surface area contributed by atoms with Gasteiger partial charge in [-0.1, -0.05) is 112 Å². The van der Waals surface area contributed by atoms with Crippen molar-refractivity contribution >= 4 is 46.6 Å². The molecule has 4 atom stereocenters. The van der Waals surface area contributed by atoms with Crippen LogP contribution in [0.4, 0.5) is 10.5 Å². The van der Waals surface area contributed by atoms with Crippen LogP contribution in [0.3, 0.4) is 0 Å². The van der Waals surface area contributed by atoms with Crippen molar-refractivity contribution in [2.75, 3.05) is 32.8 Å². The number of ether oxygens (including phenoxy) is 4. The molecule has 1 saturated carbocycles. The maximum Gasteiger partial charge on any atom is 0.415 e. The molecule has 7 rings (SSSR count). The topological polar surface area (TPSA) is 187 Å². The largest absolute Gasteiger partial charge is 0.481 e. The number of carbonyl (C=O) groups excluding carboxylic acids is 3. The Kier molecular flexibility index (Phi) is 18.0.